The van der Waals surface area contributed by atoms with Gasteiger partial charge < -0.3 is 9.30 Å². The van der Waals surface area contributed by atoms with Crippen molar-refractivity contribution in [3.8, 4) is 0 Å². The maximum atomic E-state index is 5.97. The highest BCUT2D eigenvalue weighted by molar-refractivity contribution is 5.82. The van der Waals surface area contributed by atoms with Crippen molar-refractivity contribution in [1.29, 1.82) is 0 Å². The number of hydrogen-bond acceptors (Lipinski definition) is 4. The zero-order valence-corrected chi connectivity index (χ0v) is 16.2. The van der Waals surface area contributed by atoms with E-state index in [-0.39, 0.29) is 0 Å². The zero-order chi connectivity index (χ0) is 19.6. The summed E-state index contributed by atoms with van der Waals surface area (Å²) in [7, 11) is 1.98. The Kier molecular flexibility index (Phi) is 4.54. The van der Waals surface area contributed by atoms with Crippen LogP contribution in [0.1, 0.15) is 17.1 Å². The lowest BCUT2D eigenvalue weighted by Crippen LogP contribution is -2.08. The van der Waals surface area contributed by atoms with Gasteiger partial charge in [0.15, 0.2) is 0 Å². The van der Waals surface area contributed by atoms with E-state index in [2.05, 4.69) is 33.8 Å². The van der Waals surface area contributed by atoms with Gasteiger partial charge >= 0.3 is 0 Å². The standard InChI is InChI=1S/C23H21N5O/c1-27-21-8-4-2-6-18(21)20(26-27)14-28-22-9-5-3-7-19(22)25-23(28)16-29-15-17-10-12-24-13-11-17/h2-13H,14-16H2,1H3. The molecule has 0 aliphatic carbocycles. The highest BCUT2D eigenvalue weighted by atomic mass is 16.5. The fraction of sp³-hybridized carbons (Fsp3) is 0.174. The van der Waals surface area contributed by atoms with E-state index in [1.54, 1.807) is 12.4 Å². The lowest BCUT2D eigenvalue weighted by molar-refractivity contribution is 0.0998. The quantitative estimate of drug-likeness (QED) is 0.443. The average Bonchev–Trinajstić information content (AvgIpc) is 3.27. The Balaban J connectivity index is 1.48. The normalized spacial score (nSPS) is 11.5. The first-order chi connectivity index (χ1) is 14.3. The van der Waals surface area contributed by atoms with Gasteiger partial charge in [0.05, 0.1) is 35.4 Å². The van der Waals surface area contributed by atoms with E-state index >= 15 is 0 Å². The molecule has 0 atom stereocenters. The lowest BCUT2D eigenvalue weighted by atomic mass is 10.2. The Bertz CT molecular complexity index is 1270. The van der Waals surface area contributed by atoms with Crippen LogP contribution in [-0.2, 0) is 31.5 Å². The summed E-state index contributed by atoms with van der Waals surface area (Å²) in [6, 6.07) is 20.4. The minimum Gasteiger partial charge on any atom is -0.369 e. The molecule has 2 aromatic carbocycles. The van der Waals surface area contributed by atoms with Crippen molar-refractivity contribution in [2.24, 2.45) is 7.05 Å². The van der Waals surface area contributed by atoms with Gasteiger partial charge in [0, 0.05) is 24.8 Å². The molecule has 6 heteroatoms. The molecule has 5 rings (SSSR count). The number of rotatable bonds is 6. The molecule has 0 aliphatic rings. The third kappa shape index (κ3) is 3.39. The van der Waals surface area contributed by atoms with E-state index in [1.165, 1.54) is 0 Å². The summed E-state index contributed by atoms with van der Waals surface area (Å²) < 4.78 is 10.1. The third-order valence-corrected chi connectivity index (χ3v) is 5.13. The Morgan fingerprint density at radius 1 is 0.862 bits per heavy atom. The largest absolute Gasteiger partial charge is 0.369 e. The van der Waals surface area contributed by atoms with Crippen molar-refractivity contribution in [2.45, 2.75) is 19.8 Å². The number of benzene rings is 2. The van der Waals surface area contributed by atoms with Gasteiger partial charge in [-0.3, -0.25) is 9.67 Å². The van der Waals surface area contributed by atoms with E-state index in [9.17, 15) is 0 Å². The first-order valence-corrected chi connectivity index (χ1v) is 9.61. The maximum Gasteiger partial charge on any atom is 0.136 e. The van der Waals surface area contributed by atoms with Crippen LogP contribution < -0.4 is 0 Å². The van der Waals surface area contributed by atoms with Gasteiger partial charge in [0.2, 0.25) is 0 Å². The van der Waals surface area contributed by atoms with Crippen LogP contribution in [-0.4, -0.2) is 24.3 Å². The summed E-state index contributed by atoms with van der Waals surface area (Å²) >= 11 is 0. The van der Waals surface area contributed by atoms with Gasteiger partial charge in [-0.25, -0.2) is 4.98 Å². The van der Waals surface area contributed by atoms with Gasteiger partial charge in [0.25, 0.3) is 0 Å². The van der Waals surface area contributed by atoms with Crippen LogP contribution in [0, 0.1) is 0 Å². The molecule has 0 saturated heterocycles. The monoisotopic (exact) mass is 383 g/mol. The van der Waals surface area contributed by atoms with Gasteiger partial charge in [0.1, 0.15) is 12.4 Å². The molecule has 0 amide bonds. The summed E-state index contributed by atoms with van der Waals surface area (Å²) in [6.07, 6.45) is 3.56. The molecule has 0 bridgehead atoms. The number of hydrogen-bond donors (Lipinski definition) is 0. The van der Waals surface area contributed by atoms with E-state index in [1.807, 2.05) is 48.1 Å². The van der Waals surface area contributed by atoms with Gasteiger partial charge in [-0.05, 0) is 35.9 Å². The van der Waals surface area contributed by atoms with Gasteiger partial charge in [-0.15, -0.1) is 0 Å². The summed E-state index contributed by atoms with van der Waals surface area (Å²) in [5, 5.41) is 5.92. The van der Waals surface area contributed by atoms with Crippen LogP contribution in [0.15, 0.2) is 73.1 Å². The van der Waals surface area contributed by atoms with Crippen LogP contribution in [0.4, 0.5) is 0 Å². The first kappa shape index (κ1) is 17.6. The predicted octanol–water partition coefficient (Wildman–Crippen LogP) is 4.08. The molecule has 0 aliphatic heterocycles. The maximum absolute atomic E-state index is 5.97. The van der Waals surface area contributed by atoms with Crippen LogP contribution in [0.25, 0.3) is 21.9 Å². The van der Waals surface area contributed by atoms with Gasteiger partial charge in [-0.2, -0.15) is 5.10 Å². The average molecular weight is 383 g/mol. The minimum absolute atomic E-state index is 0.432. The minimum atomic E-state index is 0.432. The molecule has 0 spiro atoms. The number of pyridine rings is 1. The Morgan fingerprint density at radius 2 is 1.62 bits per heavy atom. The molecule has 3 heterocycles. The van der Waals surface area contributed by atoms with Crippen molar-refractivity contribution < 1.29 is 4.74 Å². The number of fused-ring (bicyclic) bond motifs is 2. The summed E-state index contributed by atoms with van der Waals surface area (Å²) in [5.41, 5.74) is 5.31. The second kappa shape index (κ2) is 7.48. The molecule has 144 valence electrons. The molecule has 0 unspecified atom stereocenters. The van der Waals surface area contributed by atoms with Crippen molar-refractivity contribution in [3.63, 3.8) is 0 Å². The summed E-state index contributed by atoms with van der Waals surface area (Å²) in [4.78, 5) is 8.87. The van der Waals surface area contributed by atoms with Crippen molar-refractivity contribution >= 4 is 21.9 Å². The lowest BCUT2D eigenvalue weighted by Gasteiger charge is -2.09. The molecule has 0 fully saturated rings. The molecule has 29 heavy (non-hydrogen) atoms. The Morgan fingerprint density at radius 3 is 2.48 bits per heavy atom. The highest BCUT2D eigenvalue weighted by Crippen LogP contribution is 2.23. The molecule has 0 saturated carbocycles. The second-order valence-electron chi connectivity index (χ2n) is 7.04. The van der Waals surface area contributed by atoms with Crippen LogP contribution in [0.5, 0.6) is 0 Å². The zero-order valence-electron chi connectivity index (χ0n) is 16.2. The smallest absolute Gasteiger partial charge is 0.136 e. The second-order valence-corrected chi connectivity index (χ2v) is 7.04. The molecule has 0 radical (unpaired) electrons. The molecule has 3 aromatic heterocycles. The predicted molar refractivity (Wildman–Crippen MR) is 112 cm³/mol. The van der Waals surface area contributed by atoms with Gasteiger partial charge in [-0.1, -0.05) is 30.3 Å². The highest BCUT2D eigenvalue weighted by Gasteiger charge is 2.15. The van der Waals surface area contributed by atoms with Crippen LogP contribution in [0.3, 0.4) is 0 Å². The Labute approximate surface area is 168 Å². The van der Waals surface area contributed by atoms with E-state index < -0.39 is 0 Å². The number of imidazole rings is 1. The van der Waals surface area contributed by atoms with E-state index in [4.69, 9.17) is 14.8 Å². The SMILES string of the molecule is Cn1nc(Cn2c(COCc3ccncc3)nc3ccccc32)c2ccccc21. The van der Waals surface area contributed by atoms with Crippen LogP contribution in [0.2, 0.25) is 0 Å². The van der Waals surface area contributed by atoms with Crippen LogP contribution >= 0.6 is 0 Å². The number of ether oxygens (including phenoxy) is 1. The number of aromatic nitrogens is 5. The van der Waals surface area contributed by atoms with Crippen molar-refractivity contribution in [3.05, 3.63) is 90.1 Å². The topological polar surface area (TPSA) is 57.8 Å². The molecular formula is C23H21N5O. The molecule has 0 N–H and O–H groups in total. The first-order valence-electron chi connectivity index (χ1n) is 9.61. The summed E-state index contributed by atoms with van der Waals surface area (Å²) in [6.45, 7) is 1.61. The van der Waals surface area contributed by atoms with E-state index in [0.29, 0.717) is 19.8 Å². The molecule has 5 aromatic rings. The van der Waals surface area contributed by atoms with Crippen molar-refractivity contribution in [1.82, 2.24) is 24.3 Å². The number of aryl methyl sites for hydroxylation is 1. The van der Waals surface area contributed by atoms with E-state index in [0.717, 1.165) is 39.0 Å². The fourth-order valence-electron chi connectivity index (χ4n) is 3.71. The Hall–Kier alpha value is -3.51. The summed E-state index contributed by atoms with van der Waals surface area (Å²) in [5.74, 6) is 0.898. The number of para-hydroxylation sites is 3. The van der Waals surface area contributed by atoms with Crippen molar-refractivity contribution in [2.75, 3.05) is 0 Å². The molecule has 6 nitrogen and oxygen atoms in total. The third-order valence-electron chi connectivity index (χ3n) is 5.13. The number of nitrogens with zero attached hydrogens (tertiary/aromatic N) is 5. The molecular weight excluding hydrogens is 362 g/mol. The fourth-order valence-corrected chi connectivity index (χ4v) is 3.71.